The number of amides is 4. The maximum atomic E-state index is 12.4. The van der Waals surface area contributed by atoms with Gasteiger partial charge in [0.2, 0.25) is 17.7 Å². The summed E-state index contributed by atoms with van der Waals surface area (Å²) >= 11 is 0. The summed E-state index contributed by atoms with van der Waals surface area (Å²) in [5.41, 5.74) is 6.91. The Hall–Kier alpha value is -5.13. The minimum atomic E-state index is -0.597. The van der Waals surface area contributed by atoms with Crippen LogP contribution < -0.4 is 21.5 Å². The summed E-state index contributed by atoms with van der Waals surface area (Å²) in [4.78, 5) is 43.9. The minimum Gasteiger partial charge on any atom is -0.416 e. The smallest absolute Gasteiger partial charge is 0.320 e. The van der Waals surface area contributed by atoms with Gasteiger partial charge in [0.15, 0.2) is 0 Å². The van der Waals surface area contributed by atoms with E-state index in [-0.39, 0.29) is 17.4 Å². The SMILES string of the molecule is CCNC(=O)Nc1cc(-c2nnc(-c3ccccc3)o2)c(-c2ccnc(C(=O)NNC(C)=O)c2)cn1. The number of nitrogens with one attached hydrogen (secondary N) is 4. The molecule has 0 unspecified atom stereocenters. The molecule has 0 saturated carbocycles. The molecule has 0 radical (unpaired) electrons. The highest BCUT2D eigenvalue weighted by Crippen LogP contribution is 2.34. The van der Waals surface area contributed by atoms with E-state index in [2.05, 4.69) is 41.7 Å². The molecule has 0 spiro atoms. The predicted molar refractivity (Wildman–Crippen MR) is 130 cm³/mol. The molecular weight excluding hydrogens is 464 g/mol. The molecule has 0 aliphatic carbocycles. The van der Waals surface area contributed by atoms with Gasteiger partial charge < -0.3 is 9.73 Å². The quantitative estimate of drug-likeness (QED) is 0.302. The lowest BCUT2D eigenvalue weighted by atomic mass is 10.0. The number of hydrogen-bond donors (Lipinski definition) is 4. The highest BCUT2D eigenvalue weighted by Gasteiger charge is 2.19. The third-order valence-corrected chi connectivity index (χ3v) is 4.81. The second kappa shape index (κ2) is 10.9. The van der Waals surface area contributed by atoms with Gasteiger partial charge in [0, 0.05) is 37.0 Å². The Labute approximate surface area is 205 Å². The van der Waals surface area contributed by atoms with Crippen molar-refractivity contribution in [1.82, 2.24) is 36.3 Å². The molecule has 1 aromatic carbocycles. The second-order valence-corrected chi connectivity index (χ2v) is 7.44. The van der Waals surface area contributed by atoms with Crippen molar-refractivity contribution in [3.63, 3.8) is 0 Å². The fourth-order valence-electron chi connectivity index (χ4n) is 3.21. The van der Waals surface area contributed by atoms with Crippen LogP contribution in [0.25, 0.3) is 34.0 Å². The normalized spacial score (nSPS) is 10.4. The average molecular weight is 486 g/mol. The van der Waals surface area contributed by atoms with Crippen molar-refractivity contribution in [2.45, 2.75) is 13.8 Å². The van der Waals surface area contributed by atoms with E-state index in [1.165, 1.54) is 25.4 Å². The van der Waals surface area contributed by atoms with Crippen molar-refractivity contribution in [3.05, 3.63) is 66.6 Å². The lowest BCUT2D eigenvalue weighted by Crippen LogP contribution is -2.40. The van der Waals surface area contributed by atoms with Crippen LogP contribution in [0.15, 0.2) is 65.3 Å². The highest BCUT2D eigenvalue weighted by molar-refractivity contribution is 5.95. The average Bonchev–Trinajstić information content (AvgIpc) is 3.38. The monoisotopic (exact) mass is 486 g/mol. The summed E-state index contributed by atoms with van der Waals surface area (Å²) in [7, 11) is 0. The lowest BCUT2D eigenvalue weighted by molar-refractivity contribution is -0.119. The molecule has 4 amide bonds. The Kier molecular flexibility index (Phi) is 7.25. The van der Waals surface area contributed by atoms with Crippen LogP contribution in [0.3, 0.4) is 0 Å². The zero-order valence-electron chi connectivity index (χ0n) is 19.4. The summed E-state index contributed by atoms with van der Waals surface area (Å²) in [5, 5.41) is 13.6. The van der Waals surface area contributed by atoms with E-state index in [1.807, 2.05) is 30.3 Å². The highest BCUT2D eigenvalue weighted by atomic mass is 16.4. The Morgan fingerprint density at radius 2 is 1.67 bits per heavy atom. The molecule has 0 atom stereocenters. The fourth-order valence-corrected chi connectivity index (χ4v) is 3.21. The van der Waals surface area contributed by atoms with Gasteiger partial charge in [-0.05, 0) is 42.8 Å². The first-order valence-corrected chi connectivity index (χ1v) is 10.9. The molecule has 12 heteroatoms. The summed E-state index contributed by atoms with van der Waals surface area (Å²) in [6, 6.07) is 13.7. The first-order chi connectivity index (χ1) is 17.4. The molecule has 0 saturated heterocycles. The van der Waals surface area contributed by atoms with Gasteiger partial charge in [0.05, 0.1) is 5.56 Å². The van der Waals surface area contributed by atoms with Crippen LogP contribution in [-0.2, 0) is 4.79 Å². The summed E-state index contributed by atoms with van der Waals surface area (Å²) in [6.45, 7) is 3.52. The molecule has 182 valence electrons. The first-order valence-electron chi connectivity index (χ1n) is 10.9. The zero-order valence-corrected chi connectivity index (χ0v) is 19.4. The molecule has 4 aromatic rings. The van der Waals surface area contributed by atoms with E-state index in [0.29, 0.717) is 29.1 Å². The van der Waals surface area contributed by atoms with Gasteiger partial charge in [-0.25, -0.2) is 9.78 Å². The number of pyridine rings is 2. The van der Waals surface area contributed by atoms with Crippen LogP contribution >= 0.6 is 0 Å². The molecule has 0 fully saturated rings. The topological polar surface area (TPSA) is 164 Å². The van der Waals surface area contributed by atoms with Crippen LogP contribution in [-0.4, -0.2) is 44.6 Å². The number of nitrogens with zero attached hydrogens (tertiary/aromatic N) is 4. The number of rotatable bonds is 6. The van der Waals surface area contributed by atoms with Crippen molar-refractivity contribution in [3.8, 4) is 34.0 Å². The number of carbonyl (C=O) groups excluding carboxylic acids is 3. The molecule has 36 heavy (non-hydrogen) atoms. The Morgan fingerprint density at radius 1 is 0.889 bits per heavy atom. The molecule has 4 N–H and O–H groups in total. The molecule has 3 aromatic heterocycles. The first kappa shape index (κ1) is 24.0. The van der Waals surface area contributed by atoms with Crippen LogP contribution in [0.5, 0.6) is 0 Å². The largest absolute Gasteiger partial charge is 0.416 e. The van der Waals surface area contributed by atoms with E-state index in [9.17, 15) is 14.4 Å². The molecular formula is C24H22N8O4. The Morgan fingerprint density at radius 3 is 2.42 bits per heavy atom. The van der Waals surface area contributed by atoms with Crippen molar-refractivity contribution in [2.24, 2.45) is 0 Å². The van der Waals surface area contributed by atoms with Crippen LogP contribution in [0.4, 0.5) is 10.6 Å². The van der Waals surface area contributed by atoms with E-state index in [1.54, 1.807) is 19.1 Å². The van der Waals surface area contributed by atoms with Gasteiger partial charge in [0.1, 0.15) is 11.5 Å². The van der Waals surface area contributed by atoms with E-state index < -0.39 is 17.8 Å². The van der Waals surface area contributed by atoms with Gasteiger partial charge in [-0.3, -0.25) is 30.7 Å². The van der Waals surface area contributed by atoms with Crippen LogP contribution in [0, 0.1) is 0 Å². The third kappa shape index (κ3) is 5.67. The molecule has 0 bridgehead atoms. The minimum absolute atomic E-state index is 0.0622. The number of anilines is 1. The number of aromatic nitrogens is 4. The molecule has 0 aliphatic heterocycles. The third-order valence-electron chi connectivity index (χ3n) is 4.81. The van der Waals surface area contributed by atoms with Crippen molar-refractivity contribution < 1.29 is 18.8 Å². The number of hydrazine groups is 1. The molecule has 0 aliphatic rings. The summed E-state index contributed by atoms with van der Waals surface area (Å²) < 4.78 is 5.95. The number of urea groups is 1. The Bertz CT molecular complexity index is 1400. The summed E-state index contributed by atoms with van der Waals surface area (Å²) in [5.74, 6) is -0.258. The van der Waals surface area contributed by atoms with Gasteiger partial charge in [-0.1, -0.05) is 18.2 Å². The van der Waals surface area contributed by atoms with Crippen molar-refractivity contribution in [1.29, 1.82) is 0 Å². The maximum absolute atomic E-state index is 12.4. The molecule has 12 nitrogen and oxygen atoms in total. The molecule has 3 heterocycles. The lowest BCUT2D eigenvalue weighted by Gasteiger charge is -2.11. The van der Waals surface area contributed by atoms with Crippen LogP contribution in [0.2, 0.25) is 0 Å². The van der Waals surface area contributed by atoms with Crippen molar-refractivity contribution >= 4 is 23.7 Å². The van der Waals surface area contributed by atoms with Gasteiger partial charge >= 0.3 is 6.03 Å². The van der Waals surface area contributed by atoms with E-state index >= 15 is 0 Å². The maximum Gasteiger partial charge on any atom is 0.320 e. The standard InChI is InChI=1S/C24H22N8O4/c1-3-25-24(35)28-20-12-17(23-32-31-22(36-23)15-7-5-4-6-8-15)18(13-27-20)16-9-10-26-19(11-16)21(34)30-29-14(2)33/h4-13H,3H2,1-2H3,(H,29,33)(H,30,34)(H2,25,27,28,35). The van der Waals surface area contributed by atoms with Crippen molar-refractivity contribution in [2.75, 3.05) is 11.9 Å². The Balaban J connectivity index is 1.75. The van der Waals surface area contributed by atoms with Crippen LogP contribution in [0.1, 0.15) is 24.3 Å². The number of hydrogen-bond acceptors (Lipinski definition) is 8. The van der Waals surface area contributed by atoms with Gasteiger partial charge in [-0.15, -0.1) is 10.2 Å². The molecule has 4 rings (SSSR count). The summed E-state index contributed by atoms with van der Waals surface area (Å²) in [6.07, 6.45) is 2.97. The predicted octanol–water partition coefficient (Wildman–Crippen LogP) is 2.78. The fraction of sp³-hybridized carbons (Fsp3) is 0.125. The van der Waals surface area contributed by atoms with Gasteiger partial charge in [0.25, 0.3) is 5.91 Å². The number of benzene rings is 1. The van der Waals surface area contributed by atoms with E-state index in [0.717, 1.165) is 5.56 Å². The van der Waals surface area contributed by atoms with Gasteiger partial charge in [-0.2, -0.15) is 0 Å². The number of carbonyl (C=O) groups is 3. The van der Waals surface area contributed by atoms with E-state index in [4.69, 9.17) is 4.42 Å². The zero-order chi connectivity index (χ0) is 25.5. The second-order valence-electron chi connectivity index (χ2n) is 7.44.